The lowest BCUT2D eigenvalue weighted by Crippen LogP contribution is -2.22. The third-order valence-corrected chi connectivity index (χ3v) is 3.68. The molecule has 1 aliphatic rings. The smallest absolute Gasteiger partial charge is 0.226 e. The molecular formula is C17H25NO4. The zero-order valence-electron chi connectivity index (χ0n) is 13.4. The van der Waals surface area contributed by atoms with Gasteiger partial charge in [0.2, 0.25) is 5.91 Å². The molecule has 22 heavy (non-hydrogen) atoms. The van der Waals surface area contributed by atoms with Gasteiger partial charge in [-0.25, -0.2) is 0 Å². The van der Waals surface area contributed by atoms with Crippen molar-refractivity contribution in [3.8, 4) is 0 Å². The molecule has 2 rings (SSSR count). The lowest BCUT2D eigenvalue weighted by Gasteiger charge is -2.22. The quantitative estimate of drug-likeness (QED) is 0.841. The first-order valence-corrected chi connectivity index (χ1v) is 7.80. The predicted octanol–water partition coefficient (Wildman–Crippen LogP) is 3.01. The number of rotatable bonds is 7. The van der Waals surface area contributed by atoms with E-state index in [1.807, 2.05) is 25.1 Å². The van der Waals surface area contributed by atoms with Crippen molar-refractivity contribution in [3.05, 3.63) is 29.3 Å². The van der Waals surface area contributed by atoms with Crippen molar-refractivity contribution in [2.24, 2.45) is 0 Å². The van der Waals surface area contributed by atoms with E-state index in [0.717, 1.165) is 42.7 Å². The maximum absolute atomic E-state index is 11.8. The minimum absolute atomic E-state index is 0.0429. The van der Waals surface area contributed by atoms with E-state index < -0.39 is 0 Å². The number of nitrogens with one attached hydrogen (secondary N) is 1. The Kier molecular flexibility index (Phi) is 6.83. The lowest BCUT2D eigenvalue weighted by atomic mass is 10.1. The molecule has 1 atom stereocenters. The van der Waals surface area contributed by atoms with Crippen LogP contribution in [0.3, 0.4) is 0 Å². The number of hydrogen-bond acceptors (Lipinski definition) is 4. The van der Waals surface area contributed by atoms with Crippen LogP contribution in [0.2, 0.25) is 0 Å². The van der Waals surface area contributed by atoms with E-state index in [-0.39, 0.29) is 12.2 Å². The molecule has 0 spiro atoms. The number of amides is 1. The Morgan fingerprint density at radius 3 is 3.00 bits per heavy atom. The Morgan fingerprint density at radius 2 is 2.27 bits per heavy atom. The van der Waals surface area contributed by atoms with Crippen LogP contribution in [0, 0.1) is 6.92 Å². The van der Waals surface area contributed by atoms with Crippen LogP contribution in [0.4, 0.5) is 5.69 Å². The van der Waals surface area contributed by atoms with Crippen LogP contribution in [0.5, 0.6) is 0 Å². The van der Waals surface area contributed by atoms with Crippen LogP contribution < -0.4 is 5.32 Å². The fourth-order valence-electron chi connectivity index (χ4n) is 2.33. The summed E-state index contributed by atoms with van der Waals surface area (Å²) in [5.41, 5.74) is 2.89. The van der Waals surface area contributed by atoms with E-state index in [0.29, 0.717) is 19.6 Å². The van der Waals surface area contributed by atoms with Gasteiger partial charge in [0.25, 0.3) is 0 Å². The normalized spacial score (nSPS) is 18.2. The van der Waals surface area contributed by atoms with Crippen molar-refractivity contribution in [2.75, 3.05) is 25.6 Å². The zero-order chi connectivity index (χ0) is 15.8. The van der Waals surface area contributed by atoms with E-state index in [4.69, 9.17) is 14.2 Å². The van der Waals surface area contributed by atoms with Crippen molar-refractivity contribution < 1.29 is 19.0 Å². The lowest BCUT2D eigenvalue weighted by molar-refractivity contribution is -0.168. The summed E-state index contributed by atoms with van der Waals surface area (Å²) in [4.78, 5) is 11.8. The number of carbonyl (C=O) groups excluding carboxylic acids is 1. The topological polar surface area (TPSA) is 56.8 Å². The zero-order valence-corrected chi connectivity index (χ0v) is 13.4. The summed E-state index contributed by atoms with van der Waals surface area (Å²) >= 11 is 0. The van der Waals surface area contributed by atoms with Gasteiger partial charge in [0.1, 0.15) is 0 Å². The molecule has 1 N–H and O–H groups in total. The van der Waals surface area contributed by atoms with Gasteiger partial charge in [-0.15, -0.1) is 0 Å². The molecule has 1 aliphatic heterocycles. The first-order chi connectivity index (χ1) is 10.7. The molecule has 0 saturated carbocycles. The Morgan fingerprint density at radius 1 is 1.41 bits per heavy atom. The second-order valence-corrected chi connectivity index (χ2v) is 5.55. The molecule has 5 nitrogen and oxygen atoms in total. The molecule has 0 bridgehead atoms. The fourth-order valence-corrected chi connectivity index (χ4v) is 2.33. The maximum Gasteiger partial charge on any atom is 0.226 e. The highest BCUT2D eigenvalue weighted by Crippen LogP contribution is 2.20. The van der Waals surface area contributed by atoms with E-state index in [1.165, 1.54) is 0 Å². The van der Waals surface area contributed by atoms with Gasteiger partial charge in [0, 0.05) is 19.4 Å². The number of ether oxygens (including phenoxy) is 3. The molecular weight excluding hydrogens is 282 g/mol. The number of hydrogen-bond donors (Lipinski definition) is 1. The monoisotopic (exact) mass is 307 g/mol. The van der Waals surface area contributed by atoms with Gasteiger partial charge in [-0.3, -0.25) is 4.79 Å². The summed E-state index contributed by atoms with van der Waals surface area (Å²) in [6.07, 6.45) is 3.47. The average molecular weight is 307 g/mol. The number of aryl methyl sites for hydroxylation is 1. The van der Waals surface area contributed by atoms with Gasteiger partial charge in [-0.2, -0.15) is 0 Å². The SMILES string of the molecule is COCCC(=O)Nc1cc(COC2CCCCO2)ccc1C. The molecule has 1 heterocycles. The van der Waals surface area contributed by atoms with Gasteiger partial charge < -0.3 is 19.5 Å². The molecule has 1 aromatic rings. The molecule has 1 unspecified atom stereocenters. The van der Waals surface area contributed by atoms with Crippen molar-refractivity contribution >= 4 is 11.6 Å². The second kappa shape index (κ2) is 8.88. The van der Waals surface area contributed by atoms with Crippen molar-refractivity contribution in [1.29, 1.82) is 0 Å². The van der Waals surface area contributed by atoms with Crippen LogP contribution in [0.25, 0.3) is 0 Å². The Labute approximate surface area is 131 Å². The Hall–Kier alpha value is -1.43. The van der Waals surface area contributed by atoms with Crippen molar-refractivity contribution in [2.45, 2.75) is 45.5 Å². The summed E-state index contributed by atoms with van der Waals surface area (Å²) in [7, 11) is 1.59. The number of methoxy groups -OCH3 is 1. The van der Waals surface area contributed by atoms with Crippen LogP contribution in [0.15, 0.2) is 18.2 Å². The third kappa shape index (κ3) is 5.40. The minimum atomic E-state index is -0.102. The summed E-state index contributed by atoms with van der Waals surface area (Å²) < 4.78 is 16.3. The highest BCUT2D eigenvalue weighted by atomic mass is 16.7. The predicted molar refractivity (Wildman–Crippen MR) is 84.7 cm³/mol. The second-order valence-electron chi connectivity index (χ2n) is 5.55. The highest BCUT2D eigenvalue weighted by molar-refractivity contribution is 5.91. The highest BCUT2D eigenvalue weighted by Gasteiger charge is 2.14. The molecule has 1 saturated heterocycles. The van der Waals surface area contributed by atoms with Crippen LogP contribution in [-0.2, 0) is 25.6 Å². The van der Waals surface area contributed by atoms with E-state index >= 15 is 0 Å². The Bertz CT molecular complexity index is 484. The van der Waals surface area contributed by atoms with Crippen LogP contribution in [-0.4, -0.2) is 32.5 Å². The summed E-state index contributed by atoms with van der Waals surface area (Å²) in [5.74, 6) is -0.0429. The third-order valence-electron chi connectivity index (χ3n) is 3.68. The maximum atomic E-state index is 11.8. The van der Waals surface area contributed by atoms with Crippen molar-refractivity contribution in [1.82, 2.24) is 0 Å². The molecule has 0 aliphatic carbocycles. The number of benzene rings is 1. The minimum Gasteiger partial charge on any atom is -0.384 e. The number of anilines is 1. The average Bonchev–Trinajstić information content (AvgIpc) is 2.54. The summed E-state index contributed by atoms with van der Waals surface area (Å²) in [6.45, 7) is 3.67. The molecule has 0 aromatic heterocycles. The summed E-state index contributed by atoms with van der Waals surface area (Å²) in [6, 6.07) is 5.97. The van der Waals surface area contributed by atoms with E-state index in [2.05, 4.69) is 5.32 Å². The van der Waals surface area contributed by atoms with Gasteiger partial charge in [-0.05, 0) is 43.4 Å². The molecule has 1 amide bonds. The summed E-state index contributed by atoms with van der Waals surface area (Å²) in [5, 5.41) is 2.92. The number of carbonyl (C=O) groups is 1. The van der Waals surface area contributed by atoms with Gasteiger partial charge in [0.05, 0.1) is 19.6 Å². The molecule has 1 fully saturated rings. The Balaban J connectivity index is 1.89. The van der Waals surface area contributed by atoms with Crippen LogP contribution >= 0.6 is 0 Å². The first kappa shape index (κ1) is 16.9. The standard InChI is InChI=1S/C17H25NO4/c1-13-6-7-14(12-22-17-5-3-4-9-21-17)11-15(13)18-16(19)8-10-20-2/h6-7,11,17H,3-5,8-10,12H2,1-2H3,(H,18,19). The van der Waals surface area contributed by atoms with Gasteiger partial charge >= 0.3 is 0 Å². The van der Waals surface area contributed by atoms with Gasteiger partial charge in [-0.1, -0.05) is 12.1 Å². The van der Waals surface area contributed by atoms with E-state index in [9.17, 15) is 4.79 Å². The molecule has 122 valence electrons. The first-order valence-electron chi connectivity index (χ1n) is 7.80. The van der Waals surface area contributed by atoms with Crippen LogP contribution in [0.1, 0.15) is 36.8 Å². The molecule has 5 heteroatoms. The molecule has 1 aromatic carbocycles. The van der Waals surface area contributed by atoms with Crippen molar-refractivity contribution in [3.63, 3.8) is 0 Å². The molecule has 0 radical (unpaired) electrons. The largest absolute Gasteiger partial charge is 0.384 e. The fraction of sp³-hybridized carbons (Fsp3) is 0.588. The van der Waals surface area contributed by atoms with E-state index in [1.54, 1.807) is 7.11 Å². The van der Waals surface area contributed by atoms with Gasteiger partial charge in [0.15, 0.2) is 6.29 Å².